The van der Waals surface area contributed by atoms with Gasteiger partial charge in [0, 0.05) is 32.3 Å². The Kier molecular flexibility index (Phi) is 6.09. The van der Waals surface area contributed by atoms with Gasteiger partial charge in [-0.3, -0.25) is 14.5 Å². The number of amides is 2. The number of aryl methyl sites for hydroxylation is 1. The maximum atomic E-state index is 12.2. The lowest BCUT2D eigenvalue weighted by Gasteiger charge is -2.31. The summed E-state index contributed by atoms with van der Waals surface area (Å²) in [6.45, 7) is 5.22. The smallest absolute Gasteiger partial charge is 0.255 e. The van der Waals surface area contributed by atoms with Crippen molar-refractivity contribution in [2.45, 2.75) is 44.8 Å². The Morgan fingerprint density at radius 3 is 2.72 bits per heavy atom. The molecule has 0 saturated carbocycles. The summed E-state index contributed by atoms with van der Waals surface area (Å²) in [5.74, 6) is 0.601. The van der Waals surface area contributed by atoms with Gasteiger partial charge in [0.1, 0.15) is 5.76 Å². The summed E-state index contributed by atoms with van der Waals surface area (Å²) in [6.07, 6.45) is 5.52. The monoisotopic (exact) mass is 349 g/mol. The summed E-state index contributed by atoms with van der Waals surface area (Å²) in [5, 5.41) is 6.01. The predicted octanol–water partition coefficient (Wildman–Crippen LogP) is 1.08. The van der Waals surface area contributed by atoms with Gasteiger partial charge in [-0.05, 0) is 38.7 Å². The first-order valence-corrected chi connectivity index (χ1v) is 9.07. The fourth-order valence-electron chi connectivity index (χ4n) is 3.41. The van der Waals surface area contributed by atoms with Gasteiger partial charge in [-0.15, -0.1) is 0 Å². The lowest BCUT2D eigenvalue weighted by molar-refractivity contribution is -0.123. The summed E-state index contributed by atoms with van der Waals surface area (Å²) in [6, 6.07) is 1.84. The molecule has 2 saturated heterocycles. The van der Waals surface area contributed by atoms with Gasteiger partial charge >= 0.3 is 0 Å². The van der Waals surface area contributed by atoms with Crippen LogP contribution in [0.3, 0.4) is 0 Å². The van der Waals surface area contributed by atoms with E-state index in [0.29, 0.717) is 24.4 Å². The Balaban J connectivity index is 1.34. The van der Waals surface area contributed by atoms with Crippen molar-refractivity contribution in [1.29, 1.82) is 0 Å². The van der Waals surface area contributed by atoms with E-state index in [0.717, 1.165) is 45.4 Å². The summed E-state index contributed by atoms with van der Waals surface area (Å²) in [5.41, 5.74) is 0.593. The summed E-state index contributed by atoms with van der Waals surface area (Å²) in [4.78, 5) is 26.4. The fourth-order valence-corrected chi connectivity index (χ4v) is 3.41. The zero-order chi connectivity index (χ0) is 17.6. The van der Waals surface area contributed by atoms with Crippen LogP contribution in [0.25, 0.3) is 0 Å². The maximum Gasteiger partial charge on any atom is 0.255 e. The minimum Gasteiger partial charge on any atom is -0.469 e. The number of rotatable bonds is 6. The maximum absolute atomic E-state index is 12.2. The molecule has 1 atom stereocenters. The summed E-state index contributed by atoms with van der Waals surface area (Å²) in [7, 11) is 0. The second-order valence-electron chi connectivity index (χ2n) is 6.85. The number of piperidine rings is 1. The highest BCUT2D eigenvalue weighted by Gasteiger charge is 2.24. The molecule has 138 valence electrons. The zero-order valence-corrected chi connectivity index (χ0v) is 14.8. The molecule has 3 rings (SSSR count). The van der Waals surface area contributed by atoms with E-state index in [1.807, 2.05) is 0 Å². The number of carbonyl (C=O) groups is 2. The average molecular weight is 349 g/mol. The topological polar surface area (TPSA) is 83.8 Å². The Morgan fingerprint density at radius 2 is 2.08 bits per heavy atom. The van der Waals surface area contributed by atoms with E-state index in [2.05, 4.69) is 15.5 Å². The number of ether oxygens (including phenoxy) is 1. The lowest BCUT2D eigenvalue weighted by atomic mass is 10.0. The molecule has 0 aliphatic carbocycles. The molecule has 3 heterocycles. The average Bonchev–Trinajstić information content (AvgIpc) is 3.26. The van der Waals surface area contributed by atoms with Crippen LogP contribution in [0.2, 0.25) is 0 Å². The molecule has 0 unspecified atom stereocenters. The van der Waals surface area contributed by atoms with Gasteiger partial charge in [-0.1, -0.05) is 0 Å². The van der Waals surface area contributed by atoms with Crippen molar-refractivity contribution in [2.75, 3.05) is 32.8 Å². The van der Waals surface area contributed by atoms with Crippen LogP contribution in [0, 0.1) is 6.92 Å². The number of hydrogen-bond acceptors (Lipinski definition) is 5. The highest BCUT2D eigenvalue weighted by Crippen LogP contribution is 2.14. The van der Waals surface area contributed by atoms with Crippen molar-refractivity contribution in [2.24, 2.45) is 0 Å². The van der Waals surface area contributed by atoms with Crippen LogP contribution < -0.4 is 10.6 Å². The third-order valence-electron chi connectivity index (χ3n) is 4.94. The second kappa shape index (κ2) is 8.49. The first kappa shape index (κ1) is 17.9. The highest BCUT2D eigenvalue weighted by atomic mass is 16.5. The number of furan rings is 1. The number of nitrogens with zero attached hydrogens (tertiary/aromatic N) is 1. The molecule has 2 amide bonds. The molecular weight excluding hydrogens is 322 g/mol. The fraction of sp³-hybridized carbons (Fsp3) is 0.667. The predicted molar refractivity (Wildman–Crippen MR) is 92.4 cm³/mol. The normalized spacial score (nSPS) is 22.0. The number of nitrogens with one attached hydrogen (secondary N) is 2. The van der Waals surface area contributed by atoms with E-state index in [1.165, 1.54) is 6.26 Å². The third kappa shape index (κ3) is 5.06. The Labute approximate surface area is 148 Å². The molecule has 2 N–H and O–H groups in total. The quantitative estimate of drug-likeness (QED) is 0.803. The van der Waals surface area contributed by atoms with Gasteiger partial charge in [0.25, 0.3) is 5.91 Å². The molecule has 0 aromatic carbocycles. The van der Waals surface area contributed by atoms with Gasteiger partial charge in [0.2, 0.25) is 5.91 Å². The molecule has 2 aliphatic rings. The second-order valence-corrected chi connectivity index (χ2v) is 6.85. The van der Waals surface area contributed by atoms with E-state index >= 15 is 0 Å². The molecule has 7 heteroatoms. The van der Waals surface area contributed by atoms with Crippen molar-refractivity contribution >= 4 is 11.8 Å². The van der Waals surface area contributed by atoms with E-state index in [-0.39, 0.29) is 24.0 Å². The molecule has 25 heavy (non-hydrogen) atoms. The Morgan fingerprint density at radius 1 is 1.28 bits per heavy atom. The number of likely N-dealkylation sites (tertiary alicyclic amines) is 1. The van der Waals surface area contributed by atoms with Crippen molar-refractivity contribution in [3.05, 3.63) is 23.7 Å². The van der Waals surface area contributed by atoms with E-state index in [1.54, 1.807) is 13.0 Å². The molecule has 1 aromatic heterocycles. The molecule has 0 spiro atoms. The van der Waals surface area contributed by atoms with E-state index in [9.17, 15) is 9.59 Å². The van der Waals surface area contributed by atoms with Crippen LogP contribution in [-0.4, -0.2) is 61.6 Å². The largest absolute Gasteiger partial charge is 0.469 e. The first-order valence-electron chi connectivity index (χ1n) is 9.07. The molecule has 7 nitrogen and oxygen atoms in total. The van der Waals surface area contributed by atoms with Gasteiger partial charge in [-0.25, -0.2) is 0 Å². The van der Waals surface area contributed by atoms with Gasteiger partial charge < -0.3 is 19.8 Å². The van der Waals surface area contributed by atoms with Crippen LogP contribution in [0.1, 0.15) is 41.8 Å². The Hall–Kier alpha value is -1.86. The Bertz CT molecular complexity index is 587. The minimum atomic E-state index is -0.0843. The van der Waals surface area contributed by atoms with Crippen molar-refractivity contribution in [1.82, 2.24) is 15.5 Å². The van der Waals surface area contributed by atoms with Gasteiger partial charge in [0.05, 0.1) is 24.5 Å². The van der Waals surface area contributed by atoms with Crippen molar-refractivity contribution in [3.63, 3.8) is 0 Å². The standard InChI is InChI=1S/C18H27N3O4/c1-13-16(6-10-24-13)18(23)20-14-4-7-21(8-5-14)12-17(22)19-11-15-3-2-9-25-15/h6,10,14-15H,2-5,7-9,11-12H2,1H3,(H,19,22)(H,20,23)/t15-/m0/s1. The minimum absolute atomic E-state index is 0.0482. The van der Waals surface area contributed by atoms with Crippen LogP contribution in [0.15, 0.2) is 16.7 Å². The van der Waals surface area contributed by atoms with Crippen molar-refractivity contribution in [3.8, 4) is 0 Å². The van der Waals surface area contributed by atoms with E-state index in [4.69, 9.17) is 9.15 Å². The molecule has 0 bridgehead atoms. The number of carbonyl (C=O) groups excluding carboxylic acids is 2. The van der Waals surface area contributed by atoms with Crippen LogP contribution in [0.4, 0.5) is 0 Å². The third-order valence-corrected chi connectivity index (χ3v) is 4.94. The molecular formula is C18H27N3O4. The van der Waals surface area contributed by atoms with Crippen LogP contribution >= 0.6 is 0 Å². The van der Waals surface area contributed by atoms with Crippen LogP contribution in [-0.2, 0) is 9.53 Å². The first-order chi connectivity index (χ1) is 12.1. The summed E-state index contributed by atoms with van der Waals surface area (Å²) >= 11 is 0. The highest BCUT2D eigenvalue weighted by molar-refractivity contribution is 5.95. The molecule has 1 aromatic rings. The molecule has 2 aliphatic heterocycles. The molecule has 2 fully saturated rings. The molecule has 0 radical (unpaired) electrons. The lowest BCUT2D eigenvalue weighted by Crippen LogP contribution is -2.48. The van der Waals surface area contributed by atoms with E-state index < -0.39 is 0 Å². The zero-order valence-electron chi connectivity index (χ0n) is 14.8. The number of hydrogen-bond donors (Lipinski definition) is 2. The van der Waals surface area contributed by atoms with Crippen molar-refractivity contribution < 1.29 is 18.7 Å². The SMILES string of the molecule is Cc1occc1C(=O)NC1CCN(CC(=O)NC[C@@H]2CCCO2)CC1. The van der Waals surface area contributed by atoms with Crippen LogP contribution in [0.5, 0.6) is 0 Å². The van der Waals surface area contributed by atoms with Gasteiger partial charge in [-0.2, -0.15) is 0 Å². The summed E-state index contributed by atoms with van der Waals surface area (Å²) < 4.78 is 10.7. The van der Waals surface area contributed by atoms with Gasteiger partial charge in [0.15, 0.2) is 0 Å².